The van der Waals surface area contributed by atoms with Gasteiger partial charge in [0.15, 0.2) is 17.1 Å². The van der Waals surface area contributed by atoms with Gasteiger partial charge < -0.3 is 14.6 Å². The highest BCUT2D eigenvalue weighted by Gasteiger charge is 2.50. The van der Waals surface area contributed by atoms with Crippen molar-refractivity contribution in [2.75, 3.05) is 13.1 Å². The number of benzene rings is 1. The van der Waals surface area contributed by atoms with Gasteiger partial charge in [-0.25, -0.2) is 26.6 Å². The van der Waals surface area contributed by atoms with Crippen molar-refractivity contribution in [3.05, 3.63) is 34.6 Å². The Morgan fingerprint density at radius 1 is 1.14 bits per heavy atom. The minimum absolute atomic E-state index is 0.0423. The van der Waals surface area contributed by atoms with Crippen LogP contribution >= 0.6 is 22.9 Å². The SMILES string of the molecule is CC(C)(O)c1nnc(-c2nc(C(O)N3CCC(F)(F)CC3)c(-c3ccc(S(=O)(=O)NC(C)(C)C(F)(F)F)c(F)c3Cl)s2)o1. The van der Waals surface area contributed by atoms with E-state index in [0.29, 0.717) is 19.9 Å². The van der Waals surface area contributed by atoms with Crippen LogP contribution in [0, 0.1) is 5.82 Å². The van der Waals surface area contributed by atoms with Crippen molar-refractivity contribution in [2.24, 2.45) is 0 Å². The normalized spacial score (nSPS) is 17.8. The van der Waals surface area contributed by atoms with Crippen molar-refractivity contribution in [3.8, 4) is 21.3 Å². The van der Waals surface area contributed by atoms with Gasteiger partial charge in [0.25, 0.3) is 11.8 Å². The molecule has 1 atom stereocenters. The Hall–Kier alpha value is -2.35. The minimum atomic E-state index is -5.08. The van der Waals surface area contributed by atoms with Crippen LogP contribution in [0.5, 0.6) is 0 Å². The second-order valence-electron chi connectivity index (χ2n) is 10.9. The van der Waals surface area contributed by atoms with Gasteiger partial charge in [-0.2, -0.15) is 17.9 Å². The van der Waals surface area contributed by atoms with Gasteiger partial charge in [-0.3, -0.25) is 4.90 Å². The Labute approximate surface area is 250 Å². The number of hydrogen-bond donors (Lipinski definition) is 3. The quantitative estimate of drug-likeness (QED) is 0.274. The van der Waals surface area contributed by atoms with E-state index in [1.54, 1.807) is 0 Å². The third kappa shape index (κ3) is 6.84. The lowest BCUT2D eigenvalue weighted by molar-refractivity contribution is -0.180. The lowest BCUT2D eigenvalue weighted by Gasteiger charge is -2.34. The second kappa shape index (κ2) is 11.2. The van der Waals surface area contributed by atoms with Gasteiger partial charge in [0.1, 0.15) is 21.7 Å². The van der Waals surface area contributed by atoms with E-state index in [9.17, 15) is 40.6 Å². The molecule has 3 aromatic rings. The molecule has 19 heteroatoms. The fraction of sp³-hybridized carbons (Fsp3) is 0.542. The molecule has 4 rings (SSSR count). The van der Waals surface area contributed by atoms with Crippen LogP contribution in [0.15, 0.2) is 21.4 Å². The molecule has 1 fully saturated rings. The number of alkyl halides is 5. The van der Waals surface area contributed by atoms with E-state index in [4.69, 9.17) is 16.0 Å². The number of aliphatic hydroxyl groups excluding tert-OH is 1. The van der Waals surface area contributed by atoms with Crippen LogP contribution in [-0.4, -0.2) is 69.4 Å². The van der Waals surface area contributed by atoms with Crippen LogP contribution in [0.25, 0.3) is 21.3 Å². The summed E-state index contributed by atoms with van der Waals surface area (Å²) in [7, 11) is -5.08. The van der Waals surface area contributed by atoms with Gasteiger partial charge in [0, 0.05) is 31.5 Å². The maximum atomic E-state index is 15.5. The number of aromatic nitrogens is 3. The first-order valence-electron chi connectivity index (χ1n) is 12.5. The lowest BCUT2D eigenvalue weighted by atomic mass is 10.1. The summed E-state index contributed by atoms with van der Waals surface area (Å²) in [5.41, 5.74) is -4.89. The summed E-state index contributed by atoms with van der Waals surface area (Å²) in [4.78, 5) is 4.39. The van der Waals surface area contributed by atoms with Crippen molar-refractivity contribution in [1.82, 2.24) is 24.8 Å². The van der Waals surface area contributed by atoms with Crippen molar-refractivity contribution in [2.45, 2.75) is 74.9 Å². The number of piperidine rings is 1. The first kappa shape index (κ1) is 33.5. The van der Waals surface area contributed by atoms with E-state index in [0.717, 1.165) is 17.4 Å². The number of nitrogens with one attached hydrogen (secondary N) is 1. The lowest BCUT2D eigenvalue weighted by Crippen LogP contribution is -2.54. The fourth-order valence-electron chi connectivity index (χ4n) is 3.98. The zero-order chi connectivity index (χ0) is 32.3. The van der Waals surface area contributed by atoms with Crippen molar-refractivity contribution in [1.29, 1.82) is 0 Å². The molecular formula is C24H26ClF6N5O5S2. The number of hydrogen-bond acceptors (Lipinski definition) is 10. The highest BCUT2D eigenvalue weighted by atomic mass is 35.5. The summed E-state index contributed by atoms with van der Waals surface area (Å²) in [5, 5.41) is 28.0. The molecule has 3 N–H and O–H groups in total. The first-order valence-corrected chi connectivity index (χ1v) is 15.2. The number of sulfonamides is 1. The molecule has 0 saturated carbocycles. The van der Waals surface area contributed by atoms with Gasteiger partial charge in [0.05, 0.1) is 9.90 Å². The fourth-order valence-corrected chi connectivity index (χ4v) is 6.88. The number of thiazole rings is 1. The standard InChI is InChI=1S/C24H26ClF6N5O5S2/c1-21(2,38)20-34-33-17(41-20)18-32-15(19(37)36-9-7-23(27,28)8-10-36)16(42-18)11-5-6-12(14(26)13(11)25)43(39,40)35-22(3,4)24(29,30)31/h5-6,19,35,37-38H,7-10H2,1-4H3. The maximum Gasteiger partial charge on any atom is 0.407 e. The predicted molar refractivity (Wildman–Crippen MR) is 142 cm³/mol. The zero-order valence-electron chi connectivity index (χ0n) is 22.9. The molecule has 0 radical (unpaired) electrons. The second-order valence-corrected chi connectivity index (χ2v) is 14.0. The molecule has 1 unspecified atom stereocenters. The van der Waals surface area contributed by atoms with Gasteiger partial charge in [0.2, 0.25) is 15.9 Å². The molecule has 43 heavy (non-hydrogen) atoms. The average Bonchev–Trinajstić information content (AvgIpc) is 3.51. The third-order valence-electron chi connectivity index (χ3n) is 6.58. The first-order chi connectivity index (χ1) is 19.5. The summed E-state index contributed by atoms with van der Waals surface area (Å²) >= 11 is 6.97. The number of rotatable bonds is 8. The van der Waals surface area contributed by atoms with E-state index >= 15 is 4.39 Å². The Kier molecular flexibility index (Phi) is 8.75. The molecule has 0 aliphatic carbocycles. The largest absolute Gasteiger partial charge is 0.415 e. The molecule has 1 saturated heterocycles. The molecule has 0 spiro atoms. The number of likely N-dealkylation sites (tertiary alicyclic amines) is 1. The summed E-state index contributed by atoms with van der Waals surface area (Å²) in [6, 6.07) is 1.70. The van der Waals surface area contributed by atoms with Gasteiger partial charge in [-0.15, -0.1) is 21.5 Å². The number of nitrogens with zero attached hydrogens (tertiary/aromatic N) is 4. The van der Waals surface area contributed by atoms with Crippen molar-refractivity contribution >= 4 is 33.0 Å². The van der Waals surface area contributed by atoms with Crippen LogP contribution in [0.3, 0.4) is 0 Å². The molecular weight excluding hydrogens is 652 g/mol. The van der Waals surface area contributed by atoms with Crippen LogP contribution < -0.4 is 4.72 Å². The van der Waals surface area contributed by atoms with Gasteiger partial charge >= 0.3 is 6.18 Å². The molecule has 0 bridgehead atoms. The van der Waals surface area contributed by atoms with Crippen molar-refractivity contribution in [3.63, 3.8) is 0 Å². The average molecular weight is 678 g/mol. The third-order valence-corrected chi connectivity index (χ3v) is 9.72. The zero-order valence-corrected chi connectivity index (χ0v) is 25.3. The predicted octanol–water partition coefficient (Wildman–Crippen LogP) is 5.22. The Morgan fingerprint density at radius 2 is 1.74 bits per heavy atom. The smallest absolute Gasteiger partial charge is 0.407 e. The van der Waals surface area contributed by atoms with E-state index in [-0.39, 0.29) is 46.0 Å². The summed E-state index contributed by atoms with van der Waals surface area (Å²) in [6.07, 6.45) is -7.75. The van der Waals surface area contributed by atoms with Crippen molar-refractivity contribution < 1.29 is 49.4 Å². The molecule has 1 aromatic carbocycles. The van der Waals surface area contributed by atoms with Crippen LogP contribution in [0.4, 0.5) is 26.3 Å². The van der Waals surface area contributed by atoms with E-state index in [2.05, 4.69) is 15.2 Å². The Bertz CT molecular complexity index is 1610. The minimum Gasteiger partial charge on any atom is -0.415 e. The van der Waals surface area contributed by atoms with Crippen LogP contribution in [0.1, 0.15) is 58.3 Å². The monoisotopic (exact) mass is 677 g/mol. The molecule has 1 aliphatic rings. The van der Waals surface area contributed by atoms with Gasteiger partial charge in [-0.1, -0.05) is 17.7 Å². The highest BCUT2D eigenvalue weighted by Crippen LogP contribution is 2.44. The summed E-state index contributed by atoms with van der Waals surface area (Å²) < 4.78 is 115. The number of aliphatic hydroxyl groups is 2. The molecule has 3 heterocycles. The Morgan fingerprint density at radius 3 is 2.28 bits per heavy atom. The maximum absolute atomic E-state index is 15.5. The topological polar surface area (TPSA) is 142 Å². The molecule has 1 aliphatic heterocycles. The molecule has 238 valence electrons. The van der Waals surface area contributed by atoms with Crippen LogP contribution in [-0.2, 0) is 15.6 Å². The summed E-state index contributed by atoms with van der Waals surface area (Å²) in [5.74, 6) is -4.93. The van der Waals surface area contributed by atoms with Gasteiger partial charge in [-0.05, 0) is 33.8 Å². The van der Waals surface area contributed by atoms with E-state index in [1.807, 2.05) is 0 Å². The van der Waals surface area contributed by atoms with E-state index < -0.39 is 68.1 Å². The van der Waals surface area contributed by atoms with Crippen LogP contribution in [0.2, 0.25) is 5.02 Å². The number of halogens is 7. The van der Waals surface area contributed by atoms with E-state index in [1.165, 1.54) is 23.5 Å². The molecule has 2 aromatic heterocycles. The summed E-state index contributed by atoms with van der Waals surface area (Å²) in [6.45, 7) is 3.40. The molecule has 10 nitrogen and oxygen atoms in total. The Balaban J connectivity index is 1.81. The highest BCUT2D eigenvalue weighted by molar-refractivity contribution is 7.89. The molecule has 0 amide bonds.